The Kier molecular flexibility index (Phi) is 4.39. The Morgan fingerprint density at radius 2 is 2.35 bits per heavy atom. The third-order valence-electron chi connectivity index (χ3n) is 3.92. The first kappa shape index (κ1) is 14.5. The van der Waals surface area contributed by atoms with Gasteiger partial charge in [0.25, 0.3) is 5.91 Å². The van der Waals surface area contributed by atoms with Gasteiger partial charge in [0.2, 0.25) is 0 Å². The topological polar surface area (TPSA) is 89.2 Å². The molecule has 1 aromatic rings. The summed E-state index contributed by atoms with van der Waals surface area (Å²) in [4.78, 5) is 22.5. The molecular weight excluding hydrogens is 260 g/mol. The molecule has 2 heterocycles. The summed E-state index contributed by atoms with van der Waals surface area (Å²) >= 11 is 0. The number of nitro groups is 1. The molecule has 2 rings (SSSR count). The van der Waals surface area contributed by atoms with Crippen molar-refractivity contribution in [2.24, 2.45) is 13.0 Å². The van der Waals surface area contributed by atoms with Gasteiger partial charge in [-0.15, -0.1) is 0 Å². The molecule has 20 heavy (non-hydrogen) atoms. The van der Waals surface area contributed by atoms with Gasteiger partial charge in [0.05, 0.1) is 7.05 Å². The number of carbonyl (C=O) groups is 1. The van der Waals surface area contributed by atoms with Crippen LogP contribution in [0.1, 0.15) is 30.3 Å². The molecule has 0 radical (unpaired) electrons. The maximum absolute atomic E-state index is 12.2. The molecule has 7 nitrogen and oxygen atoms in total. The van der Waals surface area contributed by atoms with Gasteiger partial charge in [-0.25, -0.2) is 4.57 Å². The van der Waals surface area contributed by atoms with Crippen LogP contribution in [-0.2, 0) is 7.05 Å². The fourth-order valence-corrected chi connectivity index (χ4v) is 2.62. The predicted molar refractivity (Wildman–Crippen MR) is 74.6 cm³/mol. The van der Waals surface area contributed by atoms with E-state index in [1.807, 2.05) is 6.92 Å². The first-order valence-electron chi connectivity index (χ1n) is 6.82. The van der Waals surface area contributed by atoms with Crippen molar-refractivity contribution in [3.63, 3.8) is 0 Å². The van der Waals surface area contributed by atoms with Crippen LogP contribution >= 0.6 is 0 Å². The van der Waals surface area contributed by atoms with Gasteiger partial charge in [-0.05, 0) is 49.8 Å². The van der Waals surface area contributed by atoms with Gasteiger partial charge in [-0.2, -0.15) is 0 Å². The van der Waals surface area contributed by atoms with Crippen molar-refractivity contribution in [3.05, 3.63) is 27.9 Å². The van der Waals surface area contributed by atoms with Crippen molar-refractivity contribution in [1.29, 1.82) is 0 Å². The molecule has 0 spiro atoms. The number of nitrogens with one attached hydrogen (secondary N) is 2. The van der Waals surface area contributed by atoms with Gasteiger partial charge in [0.15, 0.2) is 5.69 Å². The van der Waals surface area contributed by atoms with Crippen molar-refractivity contribution in [1.82, 2.24) is 15.2 Å². The van der Waals surface area contributed by atoms with E-state index in [1.54, 1.807) is 0 Å². The molecule has 110 valence electrons. The van der Waals surface area contributed by atoms with Crippen LogP contribution in [0.4, 0.5) is 5.82 Å². The number of aromatic nitrogens is 1. The minimum atomic E-state index is -0.495. The maximum atomic E-state index is 12.2. The summed E-state index contributed by atoms with van der Waals surface area (Å²) in [6, 6.07) is 2.88. The van der Waals surface area contributed by atoms with Gasteiger partial charge in [-0.1, -0.05) is 0 Å². The average Bonchev–Trinajstić information content (AvgIpc) is 2.81. The van der Waals surface area contributed by atoms with Gasteiger partial charge < -0.3 is 20.7 Å². The lowest BCUT2D eigenvalue weighted by Crippen LogP contribution is -2.44. The second kappa shape index (κ2) is 6.04. The van der Waals surface area contributed by atoms with Crippen LogP contribution < -0.4 is 10.6 Å². The van der Waals surface area contributed by atoms with E-state index >= 15 is 0 Å². The van der Waals surface area contributed by atoms with E-state index < -0.39 is 4.92 Å². The summed E-state index contributed by atoms with van der Waals surface area (Å²) in [6.45, 7) is 3.91. The molecule has 0 aromatic carbocycles. The Labute approximate surface area is 117 Å². The number of hydrogen-bond acceptors (Lipinski definition) is 4. The highest BCUT2D eigenvalue weighted by Crippen LogP contribution is 2.17. The second-order valence-electron chi connectivity index (χ2n) is 5.26. The van der Waals surface area contributed by atoms with Gasteiger partial charge in [-0.3, -0.25) is 4.79 Å². The Bertz CT molecular complexity index is 506. The molecule has 0 saturated carbocycles. The SMILES string of the molecule is CC(NC(=O)c1ccc([N+](=O)[O-])n1C)C1CCCNC1. The zero-order chi connectivity index (χ0) is 14.7. The van der Waals surface area contributed by atoms with Gasteiger partial charge in [0, 0.05) is 12.1 Å². The molecule has 1 aliphatic heterocycles. The summed E-state index contributed by atoms with van der Waals surface area (Å²) in [5.41, 5.74) is 0.312. The zero-order valence-electron chi connectivity index (χ0n) is 11.8. The van der Waals surface area contributed by atoms with Crippen LogP contribution in [-0.4, -0.2) is 34.5 Å². The molecule has 7 heteroatoms. The summed E-state index contributed by atoms with van der Waals surface area (Å²) < 4.78 is 1.31. The number of amides is 1. The predicted octanol–water partition coefficient (Wildman–Crippen LogP) is 1.05. The standard InChI is InChI=1S/C13H20N4O3/c1-9(10-4-3-7-14-8-10)15-13(18)11-5-6-12(16(11)2)17(19)20/h5-6,9-10,14H,3-4,7-8H2,1-2H3,(H,15,18). The molecule has 1 aromatic heterocycles. The highest BCUT2D eigenvalue weighted by Gasteiger charge is 2.25. The molecule has 1 saturated heterocycles. The van der Waals surface area contributed by atoms with Crippen molar-refractivity contribution in [3.8, 4) is 0 Å². The van der Waals surface area contributed by atoms with Crippen molar-refractivity contribution in [2.75, 3.05) is 13.1 Å². The fraction of sp³-hybridized carbons (Fsp3) is 0.615. The fourth-order valence-electron chi connectivity index (χ4n) is 2.62. The zero-order valence-corrected chi connectivity index (χ0v) is 11.8. The summed E-state index contributed by atoms with van der Waals surface area (Å²) in [6.07, 6.45) is 2.20. The minimum absolute atomic E-state index is 0.0456. The van der Waals surface area contributed by atoms with E-state index in [0.29, 0.717) is 11.6 Å². The van der Waals surface area contributed by atoms with Gasteiger partial charge in [0.1, 0.15) is 0 Å². The lowest BCUT2D eigenvalue weighted by atomic mass is 9.93. The monoisotopic (exact) mass is 280 g/mol. The first-order valence-corrected chi connectivity index (χ1v) is 6.82. The number of hydrogen-bond donors (Lipinski definition) is 2. The Balaban J connectivity index is 2.02. The minimum Gasteiger partial charge on any atom is -0.358 e. The van der Waals surface area contributed by atoms with E-state index in [-0.39, 0.29) is 17.8 Å². The van der Waals surface area contributed by atoms with Crippen LogP contribution in [0.2, 0.25) is 0 Å². The van der Waals surface area contributed by atoms with E-state index in [0.717, 1.165) is 25.9 Å². The maximum Gasteiger partial charge on any atom is 0.323 e. The Hall–Kier alpha value is -1.89. The van der Waals surface area contributed by atoms with E-state index in [2.05, 4.69) is 10.6 Å². The van der Waals surface area contributed by atoms with Crippen LogP contribution in [0, 0.1) is 16.0 Å². The lowest BCUT2D eigenvalue weighted by Gasteiger charge is -2.28. The summed E-state index contributed by atoms with van der Waals surface area (Å²) in [5.74, 6) is 0.0590. The van der Waals surface area contributed by atoms with Crippen molar-refractivity contribution >= 4 is 11.7 Å². The molecule has 1 fully saturated rings. The number of nitrogens with zero attached hydrogens (tertiary/aromatic N) is 2. The van der Waals surface area contributed by atoms with Crippen molar-refractivity contribution < 1.29 is 9.72 Å². The van der Waals surface area contributed by atoms with E-state index in [9.17, 15) is 14.9 Å². The van der Waals surface area contributed by atoms with Crippen LogP contribution in [0.5, 0.6) is 0 Å². The molecule has 0 bridgehead atoms. The van der Waals surface area contributed by atoms with Crippen LogP contribution in [0.3, 0.4) is 0 Å². The highest BCUT2D eigenvalue weighted by atomic mass is 16.6. The number of rotatable bonds is 4. The smallest absolute Gasteiger partial charge is 0.323 e. The summed E-state index contributed by atoms with van der Waals surface area (Å²) in [5, 5.41) is 17.0. The number of carbonyl (C=O) groups excluding carboxylic acids is 1. The molecule has 2 unspecified atom stereocenters. The first-order chi connectivity index (χ1) is 9.50. The quantitative estimate of drug-likeness (QED) is 0.637. The van der Waals surface area contributed by atoms with E-state index in [1.165, 1.54) is 23.7 Å². The van der Waals surface area contributed by atoms with E-state index in [4.69, 9.17) is 0 Å². The molecule has 2 atom stereocenters. The van der Waals surface area contributed by atoms with Crippen LogP contribution in [0.15, 0.2) is 12.1 Å². The largest absolute Gasteiger partial charge is 0.358 e. The lowest BCUT2D eigenvalue weighted by molar-refractivity contribution is -0.391. The second-order valence-corrected chi connectivity index (χ2v) is 5.26. The van der Waals surface area contributed by atoms with Crippen LogP contribution in [0.25, 0.3) is 0 Å². The third kappa shape index (κ3) is 2.98. The number of piperidine rings is 1. The molecule has 0 aliphatic carbocycles. The Morgan fingerprint density at radius 1 is 1.60 bits per heavy atom. The normalized spacial score (nSPS) is 20.4. The Morgan fingerprint density at radius 3 is 2.90 bits per heavy atom. The molecule has 1 aliphatic rings. The third-order valence-corrected chi connectivity index (χ3v) is 3.92. The molecule has 2 N–H and O–H groups in total. The summed E-state index contributed by atoms with van der Waals surface area (Å²) in [7, 11) is 1.53. The van der Waals surface area contributed by atoms with Crippen molar-refractivity contribution in [2.45, 2.75) is 25.8 Å². The molecule has 1 amide bonds. The average molecular weight is 280 g/mol. The molecular formula is C13H20N4O3. The highest BCUT2D eigenvalue weighted by molar-refractivity contribution is 5.93. The van der Waals surface area contributed by atoms with Gasteiger partial charge >= 0.3 is 5.82 Å².